The summed E-state index contributed by atoms with van der Waals surface area (Å²) < 4.78 is 0. The van der Waals surface area contributed by atoms with Gasteiger partial charge in [0.1, 0.15) is 12.1 Å². The van der Waals surface area contributed by atoms with E-state index in [1.54, 1.807) is 0 Å². The molecule has 1 aliphatic rings. The number of anilines is 1. The van der Waals surface area contributed by atoms with Gasteiger partial charge in [-0.1, -0.05) is 18.2 Å². The van der Waals surface area contributed by atoms with Crippen LogP contribution >= 0.6 is 0 Å². The lowest BCUT2D eigenvalue weighted by Crippen LogP contribution is -2.34. The van der Waals surface area contributed by atoms with Crippen molar-refractivity contribution >= 4 is 5.69 Å². The molecule has 74 valence electrons. The molecule has 2 rings (SSSR count). The van der Waals surface area contributed by atoms with Crippen LogP contribution in [0.25, 0.3) is 0 Å². The van der Waals surface area contributed by atoms with E-state index in [4.69, 9.17) is 10.5 Å². The van der Waals surface area contributed by atoms with E-state index in [1.807, 2.05) is 35.2 Å². The summed E-state index contributed by atoms with van der Waals surface area (Å²) in [5, 5.41) is 18.0. The molecule has 1 heterocycles. The molecule has 0 aliphatic carbocycles. The van der Waals surface area contributed by atoms with E-state index < -0.39 is 0 Å². The highest BCUT2D eigenvalue weighted by atomic mass is 15.2. The maximum absolute atomic E-state index is 9.01. The van der Waals surface area contributed by atoms with E-state index >= 15 is 0 Å². The van der Waals surface area contributed by atoms with E-state index in [9.17, 15) is 0 Å². The molecule has 1 saturated heterocycles. The van der Waals surface area contributed by atoms with Crippen LogP contribution in [0, 0.1) is 22.7 Å². The molecule has 0 bridgehead atoms. The van der Waals surface area contributed by atoms with Crippen LogP contribution in [0.5, 0.6) is 0 Å². The Hall–Kier alpha value is -2.00. The average molecular weight is 197 g/mol. The summed E-state index contributed by atoms with van der Waals surface area (Å²) in [7, 11) is 0. The molecule has 1 aromatic carbocycles. The van der Waals surface area contributed by atoms with Gasteiger partial charge in [0.25, 0.3) is 0 Å². The second-order valence-corrected chi connectivity index (χ2v) is 3.61. The van der Waals surface area contributed by atoms with Gasteiger partial charge in [0.05, 0.1) is 12.1 Å². The van der Waals surface area contributed by atoms with Gasteiger partial charge in [-0.25, -0.2) is 0 Å². The number of hydrogen-bond acceptors (Lipinski definition) is 3. The standard InChI is InChI=1S/C12H11N3/c13-8-11-6-7-12(9-14)15(11)10-4-2-1-3-5-10/h1-5,11-12H,6-7H2/t11-,12+. The molecule has 3 nitrogen and oxygen atoms in total. The monoisotopic (exact) mass is 197 g/mol. The highest BCUT2D eigenvalue weighted by molar-refractivity contribution is 5.52. The van der Waals surface area contributed by atoms with Crippen molar-refractivity contribution < 1.29 is 0 Å². The first kappa shape index (κ1) is 9.55. The minimum atomic E-state index is -0.156. The lowest BCUT2D eigenvalue weighted by Gasteiger charge is -2.24. The zero-order chi connectivity index (χ0) is 10.7. The normalized spacial score (nSPS) is 24.5. The molecule has 1 aliphatic heterocycles. The van der Waals surface area contributed by atoms with Crippen LogP contribution in [-0.4, -0.2) is 12.1 Å². The van der Waals surface area contributed by atoms with Crippen molar-refractivity contribution in [1.82, 2.24) is 0 Å². The van der Waals surface area contributed by atoms with Gasteiger partial charge in [-0.05, 0) is 25.0 Å². The molecule has 0 amide bonds. The number of nitrogens with zero attached hydrogens (tertiary/aromatic N) is 3. The van der Waals surface area contributed by atoms with E-state index in [0.29, 0.717) is 0 Å². The van der Waals surface area contributed by atoms with Gasteiger partial charge >= 0.3 is 0 Å². The maximum Gasteiger partial charge on any atom is 0.118 e. The SMILES string of the molecule is N#C[C@@H]1CC[C@H](C#N)N1c1ccccc1. The third kappa shape index (κ3) is 1.65. The molecule has 2 atom stereocenters. The van der Waals surface area contributed by atoms with E-state index in [0.717, 1.165) is 18.5 Å². The topological polar surface area (TPSA) is 50.8 Å². The van der Waals surface area contributed by atoms with E-state index in [2.05, 4.69) is 12.1 Å². The van der Waals surface area contributed by atoms with Crippen LogP contribution < -0.4 is 4.90 Å². The summed E-state index contributed by atoms with van der Waals surface area (Å²) in [5.41, 5.74) is 0.966. The molecule has 1 fully saturated rings. The van der Waals surface area contributed by atoms with Crippen molar-refractivity contribution in [2.45, 2.75) is 24.9 Å². The zero-order valence-electron chi connectivity index (χ0n) is 8.30. The fraction of sp³-hybridized carbons (Fsp3) is 0.333. The second-order valence-electron chi connectivity index (χ2n) is 3.61. The summed E-state index contributed by atoms with van der Waals surface area (Å²) in [6.07, 6.45) is 1.56. The molecule has 15 heavy (non-hydrogen) atoms. The van der Waals surface area contributed by atoms with Crippen LogP contribution in [0.2, 0.25) is 0 Å². The molecule has 0 unspecified atom stereocenters. The van der Waals surface area contributed by atoms with E-state index in [1.165, 1.54) is 0 Å². The second kappa shape index (κ2) is 4.02. The molecular weight excluding hydrogens is 186 g/mol. The van der Waals surface area contributed by atoms with Gasteiger partial charge in [-0.2, -0.15) is 10.5 Å². The molecular formula is C12H11N3. The fourth-order valence-corrected chi connectivity index (χ4v) is 2.02. The first-order chi connectivity index (χ1) is 7.36. The number of hydrogen-bond donors (Lipinski definition) is 0. The third-order valence-electron chi connectivity index (χ3n) is 2.74. The number of nitriles is 2. The lowest BCUT2D eigenvalue weighted by molar-refractivity contribution is 0.791. The Bertz CT molecular complexity index is 391. The molecule has 0 spiro atoms. The van der Waals surface area contributed by atoms with Crippen molar-refractivity contribution in [1.29, 1.82) is 10.5 Å². The minimum Gasteiger partial charge on any atom is -0.339 e. The molecule has 0 aromatic heterocycles. The highest BCUT2D eigenvalue weighted by Crippen LogP contribution is 2.29. The van der Waals surface area contributed by atoms with Gasteiger partial charge in [-0.3, -0.25) is 0 Å². The fourth-order valence-electron chi connectivity index (χ4n) is 2.02. The molecule has 3 heteroatoms. The predicted octanol–water partition coefficient (Wildman–Crippen LogP) is 2.07. The smallest absolute Gasteiger partial charge is 0.118 e. The number of benzene rings is 1. The maximum atomic E-state index is 9.01. The van der Waals surface area contributed by atoms with Crippen LogP contribution in [0.1, 0.15) is 12.8 Å². The molecule has 0 N–H and O–H groups in total. The number of para-hydroxylation sites is 1. The largest absolute Gasteiger partial charge is 0.339 e. The van der Waals surface area contributed by atoms with Crippen molar-refractivity contribution in [3.8, 4) is 12.1 Å². The van der Waals surface area contributed by atoms with Gasteiger partial charge in [-0.15, -0.1) is 0 Å². The van der Waals surface area contributed by atoms with Gasteiger partial charge in [0.15, 0.2) is 0 Å². The quantitative estimate of drug-likeness (QED) is 0.692. The Labute approximate surface area is 89.2 Å². The number of rotatable bonds is 1. The van der Waals surface area contributed by atoms with Crippen molar-refractivity contribution in [3.05, 3.63) is 30.3 Å². The van der Waals surface area contributed by atoms with Crippen LogP contribution in [0.15, 0.2) is 30.3 Å². The predicted molar refractivity (Wildman–Crippen MR) is 57.0 cm³/mol. The third-order valence-corrected chi connectivity index (χ3v) is 2.74. The summed E-state index contributed by atoms with van der Waals surface area (Å²) in [6.45, 7) is 0. The Morgan fingerprint density at radius 1 is 1.00 bits per heavy atom. The van der Waals surface area contributed by atoms with Gasteiger partial charge in [0, 0.05) is 5.69 Å². The van der Waals surface area contributed by atoms with Crippen LogP contribution in [-0.2, 0) is 0 Å². The Balaban J connectivity index is 2.33. The molecule has 1 aromatic rings. The lowest BCUT2D eigenvalue weighted by atomic mass is 10.2. The Kier molecular flexibility index (Phi) is 2.56. The van der Waals surface area contributed by atoms with Crippen LogP contribution in [0.4, 0.5) is 5.69 Å². The summed E-state index contributed by atoms with van der Waals surface area (Å²) in [6, 6.07) is 13.9. The van der Waals surface area contributed by atoms with E-state index in [-0.39, 0.29) is 12.1 Å². The van der Waals surface area contributed by atoms with Gasteiger partial charge in [0.2, 0.25) is 0 Å². The van der Waals surface area contributed by atoms with Gasteiger partial charge < -0.3 is 4.90 Å². The average Bonchev–Trinajstić information content (AvgIpc) is 2.72. The van der Waals surface area contributed by atoms with Crippen molar-refractivity contribution in [2.24, 2.45) is 0 Å². The van der Waals surface area contributed by atoms with Crippen LogP contribution in [0.3, 0.4) is 0 Å². The minimum absolute atomic E-state index is 0.156. The Morgan fingerprint density at radius 2 is 1.53 bits per heavy atom. The zero-order valence-corrected chi connectivity index (χ0v) is 8.30. The van der Waals surface area contributed by atoms with Crippen molar-refractivity contribution in [2.75, 3.05) is 4.90 Å². The van der Waals surface area contributed by atoms with Crippen molar-refractivity contribution in [3.63, 3.8) is 0 Å². The summed E-state index contributed by atoms with van der Waals surface area (Å²) >= 11 is 0. The first-order valence-electron chi connectivity index (χ1n) is 4.99. The Morgan fingerprint density at radius 3 is 2.00 bits per heavy atom. The summed E-state index contributed by atoms with van der Waals surface area (Å²) in [4.78, 5) is 1.92. The molecule has 0 saturated carbocycles. The summed E-state index contributed by atoms with van der Waals surface area (Å²) in [5.74, 6) is 0. The first-order valence-corrected chi connectivity index (χ1v) is 4.99. The molecule has 0 radical (unpaired) electrons. The highest BCUT2D eigenvalue weighted by Gasteiger charge is 2.33.